The second kappa shape index (κ2) is 6.79. The van der Waals surface area contributed by atoms with Gasteiger partial charge in [0.25, 0.3) is 0 Å². The molecule has 0 fully saturated rings. The molecule has 0 atom stereocenters. The number of hydrogen-bond donors (Lipinski definition) is 0. The molecule has 3 aromatic carbocycles. The minimum atomic E-state index is 0.713. The van der Waals surface area contributed by atoms with Crippen molar-refractivity contribution in [2.24, 2.45) is 4.99 Å². The summed E-state index contributed by atoms with van der Waals surface area (Å²) in [7, 11) is 0. The molecule has 0 aliphatic heterocycles. The van der Waals surface area contributed by atoms with Crippen LogP contribution < -0.4 is 0 Å². The third-order valence-electron chi connectivity index (χ3n) is 3.87. The van der Waals surface area contributed by atoms with Gasteiger partial charge in [0.15, 0.2) is 0 Å². The normalized spacial score (nSPS) is 11.4. The Hall–Kier alpha value is -2.49. The van der Waals surface area contributed by atoms with Crippen molar-refractivity contribution >= 4 is 45.1 Å². The van der Waals surface area contributed by atoms with Crippen LogP contribution in [0.3, 0.4) is 0 Å². The Morgan fingerprint density at radius 2 is 1.84 bits per heavy atom. The standard InChI is InChI=1S/C21H15ClN2S/c1-14-5-10-19-20(11-14)25-21(24-19)16-6-8-18(9-7-16)23-13-15-3-2-4-17(22)12-15/h2-13H,1H3. The van der Waals surface area contributed by atoms with Crippen LogP contribution in [-0.4, -0.2) is 11.2 Å². The van der Waals surface area contributed by atoms with Crippen molar-refractivity contribution in [1.82, 2.24) is 4.98 Å². The molecule has 0 aliphatic rings. The first kappa shape index (κ1) is 16.0. The number of benzene rings is 3. The second-order valence-corrected chi connectivity index (χ2v) is 7.32. The number of nitrogens with zero attached hydrogens (tertiary/aromatic N) is 2. The molecule has 0 radical (unpaired) electrons. The Kier molecular flexibility index (Phi) is 4.35. The molecule has 1 heterocycles. The first-order valence-electron chi connectivity index (χ1n) is 7.95. The van der Waals surface area contributed by atoms with Crippen LogP contribution >= 0.6 is 22.9 Å². The first-order valence-corrected chi connectivity index (χ1v) is 9.14. The van der Waals surface area contributed by atoms with Crippen LogP contribution in [0.25, 0.3) is 20.8 Å². The summed E-state index contributed by atoms with van der Waals surface area (Å²) in [5.74, 6) is 0. The van der Waals surface area contributed by atoms with Gasteiger partial charge in [-0.1, -0.05) is 29.8 Å². The lowest BCUT2D eigenvalue weighted by Gasteiger charge is -1.98. The number of thiazole rings is 1. The van der Waals surface area contributed by atoms with Crippen molar-refractivity contribution in [2.45, 2.75) is 6.92 Å². The van der Waals surface area contributed by atoms with E-state index in [0.29, 0.717) is 5.02 Å². The summed E-state index contributed by atoms with van der Waals surface area (Å²) in [5.41, 5.74) is 5.31. The molecule has 4 rings (SSSR count). The van der Waals surface area contributed by atoms with Crippen LogP contribution in [0.2, 0.25) is 5.02 Å². The molecule has 0 aliphatic carbocycles. The van der Waals surface area contributed by atoms with Crippen LogP contribution in [0.1, 0.15) is 11.1 Å². The molecule has 0 N–H and O–H groups in total. The van der Waals surface area contributed by atoms with E-state index in [0.717, 1.165) is 27.3 Å². The van der Waals surface area contributed by atoms with Crippen LogP contribution in [0.5, 0.6) is 0 Å². The molecule has 0 spiro atoms. The van der Waals surface area contributed by atoms with Gasteiger partial charge in [0.1, 0.15) is 5.01 Å². The van der Waals surface area contributed by atoms with Crippen LogP contribution in [0.15, 0.2) is 71.7 Å². The van der Waals surface area contributed by atoms with E-state index in [1.807, 2.05) is 42.6 Å². The van der Waals surface area contributed by atoms with Crippen molar-refractivity contribution < 1.29 is 0 Å². The van der Waals surface area contributed by atoms with Crippen LogP contribution in [0.4, 0.5) is 5.69 Å². The fourth-order valence-corrected chi connectivity index (χ4v) is 3.85. The summed E-state index contributed by atoms with van der Waals surface area (Å²) in [6, 6.07) is 22.1. The summed E-state index contributed by atoms with van der Waals surface area (Å²) in [6.07, 6.45) is 1.82. The zero-order valence-electron chi connectivity index (χ0n) is 13.6. The molecule has 4 aromatic rings. The van der Waals surface area contributed by atoms with Gasteiger partial charge in [-0.25, -0.2) is 4.98 Å². The van der Waals surface area contributed by atoms with Crippen molar-refractivity contribution in [3.05, 3.63) is 82.9 Å². The average Bonchev–Trinajstić information content (AvgIpc) is 3.03. The first-order chi connectivity index (χ1) is 12.2. The molecule has 2 nitrogen and oxygen atoms in total. The van der Waals surface area contributed by atoms with E-state index in [1.54, 1.807) is 11.3 Å². The lowest BCUT2D eigenvalue weighted by molar-refractivity contribution is 1.45. The molecule has 0 bridgehead atoms. The van der Waals surface area contributed by atoms with Crippen molar-refractivity contribution in [3.63, 3.8) is 0 Å². The Morgan fingerprint density at radius 1 is 1.00 bits per heavy atom. The summed E-state index contributed by atoms with van der Waals surface area (Å²) in [4.78, 5) is 9.23. The van der Waals surface area contributed by atoms with E-state index in [1.165, 1.54) is 10.3 Å². The zero-order valence-corrected chi connectivity index (χ0v) is 15.2. The van der Waals surface area contributed by atoms with Crippen molar-refractivity contribution in [2.75, 3.05) is 0 Å². The number of fused-ring (bicyclic) bond motifs is 1. The van der Waals surface area contributed by atoms with Gasteiger partial charge in [-0.3, -0.25) is 4.99 Å². The van der Waals surface area contributed by atoms with E-state index >= 15 is 0 Å². The minimum absolute atomic E-state index is 0.713. The largest absolute Gasteiger partial charge is 0.256 e. The maximum Gasteiger partial charge on any atom is 0.124 e. The summed E-state index contributed by atoms with van der Waals surface area (Å²) >= 11 is 7.71. The fourth-order valence-electron chi connectivity index (χ4n) is 2.58. The van der Waals surface area contributed by atoms with Gasteiger partial charge in [-0.2, -0.15) is 0 Å². The van der Waals surface area contributed by atoms with Gasteiger partial charge in [0.2, 0.25) is 0 Å². The predicted octanol–water partition coefficient (Wildman–Crippen LogP) is 6.68. The highest BCUT2D eigenvalue weighted by Crippen LogP contribution is 2.31. The van der Waals surface area contributed by atoms with Crippen molar-refractivity contribution in [1.29, 1.82) is 0 Å². The topological polar surface area (TPSA) is 25.2 Å². The molecular formula is C21H15ClN2S. The summed E-state index contributed by atoms with van der Waals surface area (Å²) in [5, 5.41) is 1.75. The zero-order chi connectivity index (χ0) is 17.2. The van der Waals surface area contributed by atoms with E-state index in [9.17, 15) is 0 Å². The molecule has 0 unspecified atom stereocenters. The highest BCUT2D eigenvalue weighted by atomic mass is 35.5. The van der Waals surface area contributed by atoms with Gasteiger partial charge in [-0.15, -0.1) is 11.3 Å². The average molecular weight is 363 g/mol. The summed E-state index contributed by atoms with van der Waals surface area (Å²) < 4.78 is 1.22. The molecule has 0 saturated heterocycles. The number of hydrogen-bond acceptors (Lipinski definition) is 3. The number of rotatable bonds is 3. The Labute approximate surface area is 155 Å². The lowest BCUT2D eigenvalue weighted by Crippen LogP contribution is -1.80. The molecule has 25 heavy (non-hydrogen) atoms. The van der Waals surface area contributed by atoms with E-state index in [-0.39, 0.29) is 0 Å². The smallest absolute Gasteiger partial charge is 0.124 e. The van der Waals surface area contributed by atoms with Crippen LogP contribution in [-0.2, 0) is 0 Å². The van der Waals surface area contributed by atoms with E-state index < -0.39 is 0 Å². The highest BCUT2D eigenvalue weighted by Gasteiger charge is 2.06. The maximum absolute atomic E-state index is 5.99. The predicted molar refractivity (Wildman–Crippen MR) is 108 cm³/mol. The summed E-state index contributed by atoms with van der Waals surface area (Å²) in [6.45, 7) is 2.10. The lowest BCUT2D eigenvalue weighted by atomic mass is 10.2. The van der Waals surface area contributed by atoms with Gasteiger partial charge in [0, 0.05) is 16.8 Å². The van der Waals surface area contributed by atoms with Gasteiger partial charge in [0.05, 0.1) is 15.9 Å². The number of aromatic nitrogens is 1. The van der Waals surface area contributed by atoms with Crippen LogP contribution in [0, 0.1) is 6.92 Å². The number of aliphatic imine (C=N–C) groups is 1. The van der Waals surface area contributed by atoms with Gasteiger partial charge >= 0.3 is 0 Å². The number of aryl methyl sites for hydroxylation is 1. The molecule has 0 amide bonds. The quantitative estimate of drug-likeness (QED) is 0.373. The Bertz CT molecular complexity index is 1060. The maximum atomic E-state index is 5.99. The van der Waals surface area contributed by atoms with E-state index in [2.05, 4.69) is 42.2 Å². The highest BCUT2D eigenvalue weighted by molar-refractivity contribution is 7.21. The van der Waals surface area contributed by atoms with Gasteiger partial charge < -0.3 is 0 Å². The van der Waals surface area contributed by atoms with Gasteiger partial charge in [-0.05, 0) is 66.6 Å². The molecular weight excluding hydrogens is 348 g/mol. The second-order valence-electron chi connectivity index (χ2n) is 5.85. The SMILES string of the molecule is Cc1ccc2nc(-c3ccc(N=Cc4cccc(Cl)c4)cc3)sc2c1. The third-order valence-corrected chi connectivity index (χ3v) is 5.17. The minimum Gasteiger partial charge on any atom is -0.256 e. The molecule has 0 saturated carbocycles. The van der Waals surface area contributed by atoms with E-state index in [4.69, 9.17) is 16.6 Å². The Balaban J connectivity index is 1.58. The Morgan fingerprint density at radius 3 is 2.64 bits per heavy atom. The molecule has 122 valence electrons. The molecule has 4 heteroatoms. The fraction of sp³-hybridized carbons (Fsp3) is 0.0476. The monoisotopic (exact) mass is 362 g/mol. The van der Waals surface area contributed by atoms with Crippen molar-refractivity contribution in [3.8, 4) is 10.6 Å². The third kappa shape index (κ3) is 3.63. The number of halogens is 1. The molecule has 1 aromatic heterocycles.